The number of fused-ring (bicyclic) bond motifs is 20. The Hall–Kier alpha value is -6.59. The molecule has 0 amide bonds. The summed E-state index contributed by atoms with van der Waals surface area (Å²) in [6.45, 7) is 1.14. The lowest BCUT2D eigenvalue weighted by molar-refractivity contribution is 0.240. The summed E-state index contributed by atoms with van der Waals surface area (Å²) in [5.74, 6) is -3.26. The van der Waals surface area contributed by atoms with E-state index in [1.54, 1.807) is 0 Å². The number of benzene rings is 4. The Bertz CT molecular complexity index is 4690. The predicted octanol–water partition coefficient (Wildman–Crippen LogP) is -1.33. The number of hydrogen-bond donors (Lipinski definition) is 14. The first-order chi connectivity index (χ1) is 35.0. The van der Waals surface area contributed by atoms with Crippen molar-refractivity contribution < 1.29 is 90.2 Å². The lowest BCUT2D eigenvalue weighted by Gasteiger charge is -2.11. The summed E-state index contributed by atoms with van der Waals surface area (Å²) in [5, 5.41) is 56.7. The van der Waals surface area contributed by atoms with Crippen LogP contribution in [0.5, 0.6) is 0 Å². The third-order valence-electron chi connectivity index (χ3n) is 11.2. The van der Waals surface area contributed by atoms with Crippen LogP contribution >= 0.6 is 0 Å². The fourth-order valence-corrected chi connectivity index (χ4v) is 14.8. The molecule has 0 saturated carbocycles. The number of aromatic amines is 2. The average molecular weight is 1180 g/mol. The molecule has 2 aliphatic heterocycles. The Kier molecular flexibility index (Phi) is 12.8. The van der Waals surface area contributed by atoms with Crippen LogP contribution in [0.1, 0.15) is 6.92 Å². The second kappa shape index (κ2) is 18.0. The van der Waals surface area contributed by atoms with Gasteiger partial charge in [0.15, 0.2) is 33.1 Å². The first-order valence-corrected chi connectivity index (χ1v) is 30.3. The zero-order chi connectivity index (χ0) is 54.7. The minimum atomic E-state index is -5.26. The van der Waals surface area contributed by atoms with Crippen molar-refractivity contribution in [3.8, 4) is 45.6 Å². The lowest BCUT2D eigenvalue weighted by Crippen LogP contribution is -2.26. The van der Waals surface area contributed by atoms with Crippen LogP contribution in [0.3, 0.4) is 0 Å². The molecule has 0 radical (unpaired) electrons. The average Bonchev–Trinajstić information content (AvgIpc) is 4.12. The zero-order valence-corrected chi connectivity index (χ0v) is 42.1. The molecule has 75 heavy (non-hydrogen) atoms. The van der Waals surface area contributed by atoms with Crippen molar-refractivity contribution in [1.82, 2.24) is 69.2 Å². The molecule has 5 heterocycles. The number of nitrogens with zero attached hydrogens (tertiary/aromatic N) is 6. The van der Waals surface area contributed by atoms with E-state index < -0.39 is 178 Å². The van der Waals surface area contributed by atoms with Gasteiger partial charge in [-0.05, 0) is 54.6 Å². The number of sulfone groups is 1. The molecule has 8 bridgehead atoms. The van der Waals surface area contributed by atoms with E-state index in [4.69, 9.17) is 0 Å². The SMILES string of the molecule is CCS(=O)(=O)c1cc2c3nc4nc(nc5[nH]c(nc6nc(nc([nH]3)c2cc1S(=O)(=O)NO)-c1cc(S(=O)(=O)NO)c(S(=O)(=O)NO)cc1-6)c1ccc(S(=O)(=O)NO)cc51)-c1cc(S(=O)(=O)NO)c(S(=O)(=O)NO)cc1-4. The highest BCUT2D eigenvalue weighted by Gasteiger charge is 2.35. The molecule has 34 nitrogen and oxygen atoms in total. The van der Waals surface area contributed by atoms with Gasteiger partial charge in [0.25, 0.3) is 60.1 Å². The molecule has 9 rings (SSSR count). The number of sulfonamides is 6. The third-order valence-corrected chi connectivity index (χ3v) is 20.2. The largest absolute Gasteiger partial charge is 0.324 e. The second-order valence-corrected chi connectivity index (χ2v) is 27.4. The summed E-state index contributed by atoms with van der Waals surface area (Å²) in [5.41, 5.74) is -3.73. The molecule has 41 heteroatoms. The van der Waals surface area contributed by atoms with Crippen molar-refractivity contribution in [2.75, 3.05) is 5.75 Å². The zero-order valence-electron chi connectivity index (χ0n) is 36.3. The molecule has 7 aromatic rings. The molecule has 0 atom stereocenters. The van der Waals surface area contributed by atoms with E-state index in [-0.39, 0.29) is 21.8 Å². The molecule has 0 unspecified atom stereocenters. The first kappa shape index (κ1) is 53.2. The summed E-state index contributed by atoms with van der Waals surface area (Å²) in [6.07, 6.45) is 0. The maximum absolute atomic E-state index is 13.6. The van der Waals surface area contributed by atoms with Gasteiger partial charge in [-0.3, -0.25) is 0 Å². The highest BCUT2D eigenvalue weighted by molar-refractivity contribution is 7.94. The molecule has 396 valence electrons. The Morgan fingerprint density at radius 1 is 0.360 bits per heavy atom. The summed E-state index contributed by atoms with van der Waals surface area (Å²) in [6, 6.07) is 6.88. The van der Waals surface area contributed by atoms with Crippen molar-refractivity contribution in [1.29, 1.82) is 0 Å². The molecule has 14 N–H and O–H groups in total. The number of nitrogens with one attached hydrogen (secondary N) is 8. The van der Waals surface area contributed by atoms with E-state index in [0.717, 1.165) is 60.5 Å². The maximum atomic E-state index is 13.6. The van der Waals surface area contributed by atoms with E-state index in [2.05, 4.69) is 39.9 Å². The predicted molar refractivity (Wildman–Crippen MR) is 246 cm³/mol. The molecule has 3 aromatic heterocycles. The van der Waals surface area contributed by atoms with Gasteiger partial charge in [-0.2, -0.15) is 0 Å². The fraction of sp³-hybridized carbons (Fsp3) is 0.0588. The van der Waals surface area contributed by atoms with E-state index in [9.17, 15) is 90.2 Å². The van der Waals surface area contributed by atoms with E-state index >= 15 is 0 Å². The quantitative estimate of drug-likeness (QED) is 0.0561. The van der Waals surface area contributed by atoms with Crippen LogP contribution in [-0.2, 0) is 70.0 Å². The Labute approximate surface area is 418 Å². The summed E-state index contributed by atoms with van der Waals surface area (Å²) >= 11 is 0. The molecule has 0 saturated heterocycles. The summed E-state index contributed by atoms with van der Waals surface area (Å²) < 4.78 is 186. The smallest absolute Gasteiger partial charge is 0.263 e. The molecular formula is C34H28N14O20S7. The van der Waals surface area contributed by atoms with Gasteiger partial charge in [0.1, 0.15) is 47.1 Å². The van der Waals surface area contributed by atoms with Gasteiger partial charge in [-0.25, -0.2) is 88.8 Å². The van der Waals surface area contributed by atoms with Crippen LogP contribution in [0.15, 0.2) is 88.9 Å². The van der Waals surface area contributed by atoms with Gasteiger partial charge in [-0.1, -0.05) is 36.2 Å². The van der Waals surface area contributed by atoms with E-state index in [1.807, 2.05) is 0 Å². The second-order valence-electron chi connectivity index (χ2n) is 15.3. The van der Waals surface area contributed by atoms with Crippen LogP contribution in [-0.4, -0.2) is 136 Å². The van der Waals surface area contributed by atoms with Gasteiger partial charge in [-0.15, -0.1) is 0 Å². The Morgan fingerprint density at radius 3 is 0.947 bits per heavy atom. The molecule has 0 fully saturated rings. The molecular weight excluding hydrogens is 1150 g/mol. The Morgan fingerprint density at radius 2 is 0.640 bits per heavy atom. The fourth-order valence-electron chi connectivity index (χ4n) is 7.70. The van der Waals surface area contributed by atoms with E-state index in [0.29, 0.717) is 30.3 Å². The number of H-pyrrole nitrogens is 2. The standard InChI is InChI=1S/C34H28N14O20S7/c1-2-69(55,56)21-6-15-16(7-22(21)71(59,60)44-50)31-38-29(15)39-33-20-11-26(75(67,68)48-54)25(74(65,66)47-53)10-19(20)32(42-33)37-28-14-5-12(70(57,58)43-49)3-4-13(14)27(35-28)36-30-17-8-23(72(61,62)45-51)24(73(63,64)46-52)9-18(17)34(40-30)41-31/h3-11,43-54H,2H2,1H3,(H2,35,36,37,38,39,40,41,42). The van der Waals surface area contributed by atoms with Crippen molar-refractivity contribution in [3.05, 3.63) is 54.6 Å². The molecule has 4 aromatic carbocycles. The van der Waals surface area contributed by atoms with Gasteiger partial charge in [0, 0.05) is 43.8 Å². The van der Waals surface area contributed by atoms with Crippen LogP contribution < -0.4 is 29.3 Å². The maximum Gasteiger partial charge on any atom is 0.263 e. The third kappa shape index (κ3) is 8.76. The van der Waals surface area contributed by atoms with E-state index in [1.165, 1.54) is 0 Å². The van der Waals surface area contributed by atoms with Crippen molar-refractivity contribution >= 4 is 114 Å². The normalized spacial score (nSPS) is 13.6. The topological polar surface area (TPSA) is 541 Å². The van der Waals surface area contributed by atoms with Crippen LogP contribution in [0, 0.1) is 0 Å². The molecule has 2 aliphatic rings. The lowest BCUT2D eigenvalue weighted by atomic mass is 10.1. The van der Waals surface area contributed by atoms with Crippen LogP contribution in [0.4, 0.5) is 0 Å². The van der Waals surface area contributed by atoms with Gasteiger partial charge >= 0.3 is 0 Å². The van der Waals surface area contributed by atoms with Crippen LogP contribution in [0.25, 0.3) is 89.7 Å². The highest BCUT2D eigenvalue weighted by Crippen LogP contribution is 2.42. The first-order valence-electron chi connectivity index (χ1n) is 19.7. The van der Waals surface area contributed by atoms with Crippen molar-refractivity contribution in [2.45, 2.75) is 41.2 Å². The summed E-state index contributed by atoms with van der Waals surface area (Å²) in [7, 11) is -35.5. The number of hydrogen-bond acceptors (Lipinski definition) is 26. The van der Waals surface area contributed by atoms with Crippen molar-refractivity contribution in [2.24, 2.45) is 0 Å². The molecule has 0 spiro atoms. The van der Waals surface area contributed by atoms with Gasteiger partial charge in [0.2, 0.25) is 0 Å². The minimum Gasteiger partial charge on any atom is -0.324 e. The van der Waals surface area contributed by atoms with Crippen LogP contribution in [0.2, 0.25) is 0 Å². The number of aromatic nitrogens is 8. The van der Waals surface area contributed by atoms with Crippen molar-refractivity contribution in [3.63, 3.8) is 0 Å². The number of rotatable bonds is 14. The highest BCUT2D eigenvalue weighted by atomic mass is 32.2. The molecule has 0 aliphatic carbocycles. The Balaban J connectivity index is 1.58. The minimum absolute atomic E-state index is 0.0855. The van der Waals surface area contributed by atoms with Gasteiger partial charge in [0.05, 0.1) is 15.5 Å². The van der Waals surface area contributed by atoms with Gasteiger partial charge < -0.3 is 41.2 Å². The monoisotopic (exact) mass is 1180 g/mol. The summed E-state index contributed by atoms with van der Waals surface area (Å²) in [4.78, 5) is 30.4.